The highest BCUT2D eigenvalue weighted by atomic mass is 32.2. The molecule has 0 radical (unpaired) electrons. The molecule has 0 spiro atoms. The number of aryl methyl sites for hydroxylation is 1. The number of hydrogen-bond donors (Lipinski definition) is 1. The van der Waals surface area contributed by atoms with Gasteiger partial charge in [0.15, 0.2) is 0 Å². The Morgan fingerprint density at radius 3 is 2.50 bits per heavy atom. The number of alkyl halides is 2. The standard InChI is InChI=1S/C15H23F2N2O5PS/c1-4-23-25(22,24-5-2)15(16,17)8-11-6-7-12(26-11)19-9-10(3)13(20)18-14(19)21/h9,11-12H,4-8H2,1-3H3,(H,18,20,21). The molecule has 1 N–H and O–H groups in total. The van der Waals surface area contributed by atoms with Crippen molar-refractivity contribution in [3.05, 3.63) is 32.6 Å². The van der Waals surface area contributed by atoms with Crippen LogP contribution in [0.2, 0.25) is 0 Å². The lowest BCUT2D eigenvalue weighted by molar-refractivity contribution is 0.0313. The van der Waals surface area contributed by atoms with Crippen molar-refractivity contribution in [2.24, 2.45) is 0 Å². The van der Waals surface area contributed by atoms with Crippen LogP contribution in [0, 0.1) is 6.92 Å². The molecular weight excluding hydrogens is 389 g/mol. The lowest BCUT2D eigenvalue weighted by Crippen LogP contribution is -2.32. The number of rotatable bonds is 8. The minimum atomic E-state index is -4.55. The monoisotopic (exact) mass is 412 g/mol. The Balaban J connectivity index is 2.13. The fourth-order valence-corrected chi connectivity index (χ4v) is 6.07. The molecule has 0 aromatic carbocycles. The van der Waals surface area contributed by atoms with E-state index in [0.717, 1.165) is 0 Å². The SMILES string of the molecule is CCOP(=O)(OCC)C(F)(F)CC1CCC(n2cc(C)c(=O)[nH]c2=O)S1. The Bertz CT molecular complexity index is 787. The molecule has 11 heteroatoms. The van der Waals surface area contributed by atoms with Crippen molar-refractivity contribution in [1.82, 2.24) is 9.55 Å². The van der Waals surface area contributed by atoms with Crippen LogP contribution in [0.15, 0.2) is 15.8 Å². The van der Waals surface area contributed by atoms with Crippen molar-refractivity contribution in [1.29, 1.82) is 0 Å². The molecule has 1 aromatic heterocycles. The van der Waals surface area contributed by atoms with E-state index in [9.17, 15) is 22.9 Å². The first-order valence-electron chi connectivity index (χ1n) is 8.38. The molecule has 1 fully saturated rings. The van der Waals surface area contributed by atoms with Crippen molar-refractivity contribution in [3.63, 3.8) is 0 Å². The lowest BCUT2D eigenvalue weighted by atomic mass is 10.2. The van der Waals surface area contributed by atoms with Crippen LogP contribution in [0.5, 0.6) is 0 Å². The van der Waals surface area contributed by atoms with Crippen LogP contribution in [0.25, 0.3) is 0 Å². The van der Waals surface area contributed by atoms with Gasteiger partial charge in [-0.3, -0.25) is 18.9 Å². The summed E-state index contributed by atoms with van der Waals surface area (Å²) >= 11 is 1.20. The van der Waals surface area contributed by atoms with Crippen LogP contribution in [0.3, 0.4) is 0 Å². The topological polar surface area (TPSA) is 90.4 Å². The number of halogens is 2. The molecule has 1 saturated heterocycles. The third kappa shape index (κ3) is 4.47. The van der Waals surface area contributed by atoms with Gasteiger partial charge < -0.3 is 9.05 Å². The molecule has 1 aliphatic rings. The van der Waals surface area contributed by atoms with E-state index in [1.165, 1.54) is 36.4 Å². The molecule has 7 nitrogen and oxygen atoms in total. The van der Waals surface area contributed by atoms with Crippen molar-refractivity contribution in [2.75, 3.05) is 13.2 Å². The number of nitrogens with one attached hydrogen (secondary N) is 1. The molecule has 0 aliphatic carbocycles. The molecule has 0 bridgehead atoms. The van der Waals surface area contributed by atoms with E-state index >= 15 is 0 Å². The summed E-state index contributed by atoms with van der Waals surface area (Å²) < 4.78 is 52.5. The summed E-state index contributed by atoms with van der Waals surface area (Å²) in [6.07, 6.45) is 1.69. The molecule has 1 aliphatic heterocycles. The molecule has 2 atom stereocenters. The molecule has 2 heterocycles. The highest BCUT2D eigenvalue weighted by molar-refractivity contribution is 8.00. The molecule has 0 saturated carbocycles. The van der Waals surface area contributed by atoms with Crippen LogP contribution in [0.4, 0.5) is 8.78 Å². The molecular formula is C15H23F2N2O5PS. The molecule has 0 amide bonds. The highest BCUT2D eigenvalue weighted by Gasteiger charge is 2.54. The smallest absolute Gasteiger partial charge is 0.305 e. The maximum atomic E-state index is 14.6. The number of H-pyrrole nitrogens is 1. The summed E-state index contributed by atoms with van der Waals surface area (Å²) in [4.78, 5) is 25.6. The second kappa shape index (κ2) is 8.37. The van der Waals surface area contributed by atoms with Gasteiger partial charge in [0.05, 0.1) is 18.6 Å². The van der Waals surface area contributed by atoms with Gasteiger partial charge in [-0.15, -0.1) is 11.8 Å². The second-order valence-corrected chi connectivity index (χ2v) is 9.62. The normalized spacial score (nSPS) is 21.3. The molecule has 2 unspecified atom stereocenters. The zero-order valence-electron chi connectivity index (χ0n) is 14.9. The van der Waals surface area contributed by atoms with E-state index in [2.05, 4.69) is 4.98 Å². The summed E-state index contributed by atoms with van der Waals surface area (Å²) in [6, 6.07) is 0. The average molecular weight is 412 g/mol. The van der Waals surface area contributed by atoms with E-state index in [1.54, 1.807) is 6.92 Å². The Labute approximate surface area is 154 Å². The maximum absolute atomic E-state index is 14.6. The molecule has 2 rings (SSSR count). The van der Waals surface area contributed by atoms with Gasteiger partial charge in [0.2, 0.25) is 0 Å². The average Bonchev–Trinajstić information content (AvgIpc) is 2.98. The third-order valence-electron chi connectivity index (χ3n) is 4.01. The van der Waals surface area contributed by atoms with E-state index in [-0.39, 0.29) is 18.6 Å². The summed E-state index contributed by atoms with van der Waals surface area (Å²) in [5, 5.41) is -0.874. The molecule has 1 aromatic rings. The van der Waals surface area contributed by atoms with Crippen molar-refractivity contribution < 1.29 is 22.4 Å². The Morgan fingerprint density at radius 1 is 1.31 bits per heavy atom. The van der Waals surface area contributed by atoms with Crippen molar-refractivity contribution in [3.8, 4) is 0 Å². The van der Waals surface area contributed by atoms with Gasteiger partial charge in [-0.1, -0.05) is 0 Å². The predicted octanol–water partition coefficient (Wildman–Crippen LogP) is 3.49. The third-order valence-corrected chi connectivity index (χ3v) is 7.76. The fraction of sp³-hybridized carbons (Fsp3) is 0.733. The van der Waals surface area contributed by atoms with Crippen LogP contribution in [-0.4, -0.2) is 33.7 Å². The van der Waals surface area contributed by atoms with E-state index in [0.29, 0.717) is 18.4 Å². The summed E-state index contributed by atoms with van der Waals surface area (Å²) in [5.74, 6) is 0. The van der Waals surface area contributed by atoms with Gasteiger partial charge in [0, 0.05) is 23.4 Å². The number of aromatic nitrogens is 2. The predicted molar refractivity (Wildman–Crippen MR) is 96.1 cm³/mol. The van der Waals surface area contributed by atoms with Crippen molar-refractivity contribution in [2.45, 2.75) is 56.3 Å². The Hall–Kier alpha value is -0.960. The molecule has 26 heavy (non-hydrogen) atoms. The zero-order chi connectivity index (χ0) is 19.5. The van der Waals surface area contributed by atoms with Gasteiger partial charge in [0.1, 0.15) is 0 Å². The Morgan fingerprint density at radius 2 is 1.92 bits per heavy atom. The second-order valence-electron chi connectivity index (χ2n) is 5.97. The van der Waals surface area contributed by atoms with E-state index in [1.807, 2.05) is 0 Å². The summed E-state index contributed by atoms with van der Waals surface area (Å²) in [5.41, 5.74) is -4.28. The minimum absolute atomic E-state index is 0.140. The van der Waals surface area contributed by atoms with Crippen LogP contribution in [-0.2, 0) is 13.6 Å². The number of nitrogens with zero attached hydrogens (tertiary/aromatic N) is 1. The van der Waals surface area contributed by atoms with Gasteiger partial charge in [-0.2, -0.15) is 8.78 Å². The maximum Gasteiger partial charge on any atom is 0.399 e. The fourth-order valence-electron chi connectivity index (χ4n) is 2.79. The number of thioether (sulfide) groups is 1. The summed E-state index contributed by atoms with van der Waals surface area (Å²) in [7, 11) is -4.55. The zero-order valence-corrected chi connectivity index (χ0v) is 16.6. The van der Waals surface area contributed by atoms with Gasteiger partial charge in [-0.25, -0.2) is 4.79 Å². The van der Waals surface area contributed by atoms with Gasteiger partial charge in [0.25, 0.3) is 5.56 Å². The number of aromatic amines is 1. The Kier molecular flexibility index (Phi) is 6.87. The van der Waals surface area contributed by atoms with E-state index in [4.69, 9.17) is 9.05 Å². The minimum Gasteiger partial charge on any atom is -0.305 e. The largest absolute Gasteiger partial charge is 0.399 e. The van der Waals surface area contributed by atoms with Crippen molar-refractivity contribution >= 4 is 19.4 Å². The quantitative estimate of drug-likeness (QED) is 0.658. The van der Waals surface area contributed by atoms with Gasteiger partial charge >= 0.3 is 18.9 Å². The summed E-state index contributed by atoms with van der Waals surface area (Å²) in [6.45, 7) is 4.25. The first-order chi connectivity index (χ1) is 12.1. The number of hydrogen-bond acceptors (Lipinski definition) is 6. The van der Waals surface area contributed by atoms with Crippen LogP contribution < -0.4 is 11.2 Å². The first-order valence-corrected chi connectivity index (χ1v) is 10.9. The van der Waals surface area contributed by atoms with Crippen LogP contribution >= 0.6 is 19.4 Å². The molecule has 148 valence electrons. The van der Waals surface area contributed by atoms with Crippen LogP contribution in [0.1, 0.15) is 44.0 Å². The first kappa shape index (κ1) is 21.3. The van der Waals surface area contributed by atoms with Gasteiger partial charge in [-0.05, 0) is 33.6 Å². The van der Waals surface area contributed by atoms with E-state index < -0.39 is 36.2 Å². The lowest BCUT2D eigenvalue weighted by Gasteiger charge is -2.27. The highest BCUT2D eigenvalue weighted by Crippen LogP contribution is 2.65.